The van der Waals surface area contributed by atoms with E-state index >= 15 is 0 Å². The van der Waals surface area contributed by atoms with Gasteiger partial charge in [0.1, 0.15) is 5.82 Å². The standard InChI is InChI=1S/C11H13Br2ClN2/c12-8-5-9(13)10(15-6-8)16-7-11(1-2-11)3-4-14/h5-6H,1-4,7H2,(H,15,16). The number of anilines is 1. The Labute approximate surface area is 117 Å². The van der Waals surface area contributed by atoms with Gasteiger partial charge in [-0.15, -0.1) is 11.6 Å². The first-order chi connectivity index (χ1) is 7.65. The predicted octanol–water partition coefficient (Wildman–Crippen LogP) is 4.43. The van der Waals surface area contributed by atoms with Gasteiger partial charge in [0.2, 0.25) is 0 Å². The van der Waals surface area contributed by atoms with Gasteiger partial charge in [0.05, 0.1) is 4.47 Å². The van der Waals surface area contributed by atoms with Crippen molar-refractivity contribution in [3.05, 3.63) is 21.2 Å². The summed E-state index contributed by atoms with van der Waals surface area (Å²) < 4.78 is 1.97. The Kier molecular flexibility index (Phi) is 4.14. The highest BCUT2D eigenvalue weighted by atomic mass is 79.9. The third kappa shape index (κ3) is 3.11. The van der Waals surface area contributed by atoms with E-state index in [1.165, 1.54) is 12.8 Å². The molecule has 2 nitrogen and oxygen atoms in total. The Morgan fingerprint density at radius 1 is 1.44 bits per heavy atom. The van der Waals surface area contributed by atoms with Crippen molar-refractivity contribution in [3.8, 4) is 0 Å². The van der Waals surface area contributed by atoms with Crippen LogP contribution < -0.4 is 5.32 Å². The first kappa shape index (κ1) is 12.7. The molecule has 2 rings (SSSR count). The van der Waals surface area contributed by atoms with Crippen LogP contribution >= 0.6 is 43.5 Å². The lowest BCUT2D eigenvalue weighted by Gasteiger charge is -2.15. The molecular formula is C11H13Br2ClN2. The zero-order valence-corrected chi connectivity index (χ0v) is 12.7. The molecule has 0 aromatic carbocycles. The second-order valence-corrected chi connectivity index (χ2v) is 6.42. The SMILES string of the molecule is ClCCC1(CNc2ncc(Br)cc2Br)CC1. The summed E-state index contributed by atoms with van der Waals surface area (Å²) in [6, 6.07) is 2.00. The summed E-state index contributed by atoms with van der Waals surface area (Å²) in [5.74, 6) is 1.65. The fraction of sp³-hybridized carbons (Fsp3) is 0.545. The Hall–Kier alpha value is 0.200. The van der Waals surface area contributed by atoms with Crippen LogP contribution in [0.3, 0.4) is 0 Å². The van der Waals surface area contributed by atoms with Crippen molar-refractivity contribution in [2.45, 2.75) is 19.3 Å². The first-order valence-corrected chi connectivity index (χ1v) is 7.38. The van der Waals surface area contributed by atoms with Gasteiger partial charge in [-0.2, -0.15) is 0 Å². The maximum atomic E-state index is 5.80. The van der Waals surface area contributed by atoms with E-state index in [4.69, 9.17) is 11.6 Å². The predicted molar refractivity (Wildman–Crippen MR) is 75.1 cm³/mol. The van der Waals surface area contributed by atoms with E-state index in [0.29, 0.717) is 5.41 Å². The van der Waals surface area contributed by atoms with E-state index in [1.54, 1.807) is 6.20 Å². The summed E-state index contributed by atoms with van der Waals surface area (Å²) >= 11 is 12.7. The van der Waals surface area contributed by atoms with Crippen molar-refractivity contribution in [3.63, 3.8) is 0 Å². The van der Waals surface area contributed by atoms with Gasteiger partial charge in [0.25, 0.3) is 0 Å². The fourth-order valence-electron chi connectivity index (χ4n) is 1.71. The molecule has 1 aromatic heterocycles. The maximum absolute atomic E-state index is 5.80. The number of rotatable bonds is 5. The van der Waals surface area contributed by atoms with Gasteiger partial charge in [-0.3, -0.25) is 0 Å². The number of nitrogens with one attached hydrogen (secondary N) is 1. The Morgan fingerprint density at radius 3 is 2.75 bits per heavy atom. The van der Waals surface area contributed by atoms with E-state index in [-0.39, 0.29) is 0 Å². The molecule has 1 fully saturated rings. The second kappa shape index (κ2) is 5.23. The van der Waals surface area contributed by atoms with Crippen molar-refractivity contribution < 1.29 is 0 Å². The molecule has 1 aliphatic rings. The van der Waals surface area contributed by atoms with Gasteiger partial charge in [-0.1, -0.05) is 0 Å². The van der Waals surface area contributed by atoms with Crippen LogP contribution in [0.15, 0.2) is 21.2 Å². The third-order valence-electron chi connectivity index (χ3n) is 3.02. The molecule has 16 heavy (non-hydrogen) atoms. The fourth-order valence-corrected chi connectivity index (χ4v) is 3.24. The van der Waals surface area contributed by atoms with Gasteiger partial charge in [-0.05, 0) is 62.6 Å². The summed E-state index contributed by atoms with van der Waals surface area (Å²) in [5.41, 5.74) is 0.427. The largest absolute Gasteiger partial charge is 0.369 e. The number of alkyl halides is 1. The minimum Gasteiger partial charge on any atom is -0.369 e. The lowest BCUT2D eigenvalue weighted by molar-refractivity contribution is 0.524. The van der Waals surface area contributed by atoms with Crippen LogP contribution in [-0.4, -0.2) is 17.4 Å². The molecule has 0 saturated heterocycles. The van der Waals surface area contributed by atoms with Gasteiger partial charge < -0.3 is 5.32 Å². The van der Waals surface area contributed by atoms with Gasteiger partial charge in [0.15, 0.2) is 0 Å². The van der Waals surface area contributed by atoms with Crippen LogP contribution in [-0.2, 0) is 0 Å². The van der Waals surface area contributed by atoms with Crippen LogP contribution in [0.5, 0.6) is 0 Å². The highest BCUT2D eigenvalue weighted by Gasteiger charge is 2.41. The summed E-state index contributed by atoms with van der Waals surface area (Å²) in [7, 11) is 0. The van der Waals surface area contributed by atoms with Crippen molar-refractivity contribution in [1.82, 2.24) is 4.98 Å². The highest BCUT2D eigenvalue weighted by molar-refractivity contribution is 9.11. The van der Waals surface area contributed by atoms with E-state index in [2.05, 4.69) is 42.2 Å². The van der Waals surface area contributed by atoms with Crippen LogP contribution in [0.1, 0.15) is 19.3 Å². The van der Waals surface area contributed by atoms with Gasteiger partial charge in [-0.25, -0.2) is 4.98 Å². The van der Waals surface area contributed by atoms with Crippen molar-refractivity contribution in [1.29, 1.82) is 0 Å². The van der Waals surface area contributed by atoms with Crippen LogP contribution in [0.4, 0.5) is 5.82 Å². The van der Waals surface area contributed by atoms with Crippen molar-refractivity contribution in [2.24, 2.45) is 5.41 Å². The number of nitrogens with zero attached hydrogens (tertiary/aromatic N) is 1. The zero-order chi connectivity index (χ0) is 11.6. The normalized spacial score (nSPS) is 17.2. The van der Waals surface area contributed by atoms with Crippen LogP contribution in [0.25, 0.3) is 0 Å². The smallest absolute Gasteiger partial charge is 0.140 e. The van der Waals surface area contributed by atoms with Crippen LogP contribution in [0, 0.1) is 5.41 Å². The molecule has 1 N–H and O–H groups in total. The molecule has 0 unspecified atom stereocenters. The molecule has 0 amide bonds. The molecule has 0 aliphatic heterocycles. The molecular weight excluding hydrogens is 355 g/mol. The summed E-state index contributed by atoms with van der Waals surface area (Å²) in [6.45, 7) is 0.965. The first-order valence-electron chi connectivity index (χ1n) is 5.26. The molecule has 1 aromatic rings. The maximum Gasteiger partial charge on any atom is 0.140 e. The molecule has 1 heterocycles. The van der Waals surface area contributed by atoms with E-state index in [0.717, 1.165) is 33.6 Å². The Bertz CT molecular complexity index is 380. The number of pyridine rings is 1. The Balaban J connectivity index is 1.94. The molecule has 1 saturated carbocycles. The minimum atomic E-state index is 0.427. The molecule has 0 atom stereocenters. The molecule has 0 bridgehead atoms. The second-order valence-electron chi connectivity index (χ2n) is 4.28. The van der Waals surface area contributed by atoms with Crippen LogP contribution in [0.2, 0.25) is 0 Å². The average molecular weight is 369 g/mol. The molecule has 0 spiro atoms. The third-order valence-corrected chi connectivity index (χ3v) is 4.25. The summed E-state index contributed by atoms with van der Waals surface area (Å²) in [5, 5.41) is 3.39. The minimum absolute atomic E-state index is 0.427. The van der Waals surface area contributed by atoms with E-state index in [1.807, 2.05) is 6.07 Å². The number of hydrogen-bond acceptors (Lipinski definition) is 2. The molecule has 1 aliphatic carbocycles. The summed E-state index contributed by atoms with van der Waals surface area (Å²) in [6.07, 6.45) is 5.45. The van der Waals surface area contributed by atoms with Gasteiger partial charge >= 0.3 is 0 Å². The summed E-state index contributed by atoms with van der Waals surface area (Å²) in [4.78, 5) is 4.33. The highest BCUT2D eigenvalue weighted by Crippen LogP contribution is 2.49. The topological polar surface area (TPSA) is 24.9 Å². The molecule has 5 heteroatoms. The molecule has 88 valence electrons. The Morgan fingerprint density at radius 2 is 2.19 bits per heavy atom. The average Bonchev–Trinajstić information content (AvgIpc) is 2.98. The van der Waals surface area contributed by atoms with E-state index < -0.39 is 0 Å². The quantitative estimate of drug-likeness (QED) is 0.778. The van der Waals surface area contributed by atoms with E-state index in [9.17, 15) is 0 Å². The zero-order valence-electron chi connectivity index (χ0n) is 8.77. The monoisotopic (exact) mass is 366 g/mol. The molecule has 0 radical (unpaired) electrons. The van der Waals surface area contributed by atoms with Gasteiger partial charge in [0, 0.05) is 23.1 Å². The van der Waals surface area contributed by atoms with Crippen molar-refractivity contribution >= 4 is 49.3 Å². The number of aromatic nitrogens is 1. The number of halogens is 3. The number of hydrogen-bond donors (Lipinski definition) is 1. The lowest BCUT2D eigenvalue weighted by atomic mass is 10.0. The van der Waals surface area contributed by atoms with Crippen molar-refractivity contribution in [2.75, 3.05) is 17.7 Å². The lowest BCUT2D eigenvalue weighted by Crippen LogP contribution is -2.16.